The number of hydrogen-bond acceptors (Lipinski definition) is 2. The second-order valence-electron chi connectivity index (χ2n) is 5.75. The molecule has 0 aliphatic rings. The van der Waals surface area contributed by atoms with Gasteiger partial charge in [-0.15, -0.1) is 0 Å². The van der Waals surface area contributed by atoms with E-state index in [2.05, 4.69) is 0 Å². The molecule has 3 aromatic rings. The lowest BCUT2D eigenvalue weighted by atomic mass is 10.1. The van der Waals surface area contributed by atoms with Crippen molar-refractivity contribution in [1.82, 2.24) is 0 Å². The molecular formula is C21H18ClNO2. The van der Waals surface area contributed by atoms with Gasteiger partial charge in [0, 0.05) is 5.02 Å². The molecule has 0 unspecified atom stereocenters. The zero-order chi connectivity index (χ0) is 17.8. The molecule has 0 aliphatic carbocycles. The van der Waals surface area contributed by atoms with E-state index >= 15 is 0 Å². The number of ether oxygens (including phenoxy) is 1. The second kappa shape index (κ2) is 7.41. The van der Waals surface area contributed by atoms with E-state index in [0.29, 0.717) is 10.8 Å². The number of carbonyl (C=O) groups is 1. The van der Waals surface area contributed by atoms with Crippen molar-refractivity contribution >= 4 is 29.1 Å². The largest absolute Gasteiger partial charge is 0.424 e. The molecule has 0 saturated carbocycles. The summed E-state index contributed by atoms with van der Waals surface area (Å²) in [4.78, 5) is 14.4. The highest BCUT2D eigenvalue weighted by Crippen LogP contribution is 2.29. The Bertz CT molecular complexity index is 816. The van der Waals surface area contributed by atoms with Crippen molar-refractivity contribution in [3.8, 4) is 5.75 Å². The van der Waals surface area contributed by atoms with E-state index in [0.717, 1.165) is 22.5 Å². The summed E-state index contributed by atoms with van der Waals surface area (Å²) in [5, 5.41) is 0.683. The van der Waals surface area contributed by atoms with Gasteiger partial charge in [-0.3, -0.25) is 0 Å². The van der Waals surface area contributed by atoms with Crippen LogP contribution in [0.2, 0.25) is 5.02 Å². The summed E-state index contributed by atoms with van der Waals surface area (Å²) < 4.78 is 5.63. The molecule has 0 heterocycles. The lowest BCUT2D eigenvalue weighted by Crippen LogP contribution is -2.29. The maximum Gasteiger partial charge on any atom is 0.424 e. The van der Waals surface area contributed by atoms with E-state index in [1.807, 2.05) is 74.5 Å². The Balaban J connectivity index is 1.95. The number of nitrogens with zero attached hydrogens (tertiary/aromatic N) is 1. The molecule has 3 rings (SSSR count). The maximum atomic E-state index is 12.9. The number of aryl methyl sites for hydroxylation is 2. The van der Waals surface area contributed by atoms with E-state index in [4.69, 9.17) is 16.3 Å². The molecule has 0 fully saturated rings. The number of anilines is 2. The zero-order valence-corrected chi connectivity index (χ0v) is 14.8. The first-order valence-electron chi connectivity index (χ1n) is 7.95. The second-order valence-corrected chi connectivity index (χ2v) is 6.12. The molecule has 1 amide bonds. The summed E-state index contributed by atoms with van der Waals surface area (Å²) in [6.07, 6.45) is -0.474. The minimum absolute atomic E-state index is 0.473. The molecule has 0 atom stereocenters. The average Bonchev–Trinajstić information content (AvgIpc) is 2.61. The first-order valence-corrected chi connectivity index (χ1v) is 8.33. The predicted molar refractivity (Wildman–Crippen MR) is 102 cm³/mol. The summed E-state index contributed by atoms with van der Waals surface area (Å²) in [5.41, 5.74) is 3.22. The lowest BCUT2D eigenvalue weighted by Gasteiger charge is -2.22. The number of para-hydroxylation sites is 2. The number of hydrogen-bond donors (Lipinski definition) is 0. The fraction of sp³-hybridized carbons (Fsp3) is 0.0952. The highest BCUT2D eigenvalue weighted by Gasteiger charge is 2.20. The van der Waals surface area contributed by atoms with Crippen LogP contribution in [-0.2, 0) is 0 Å². The lowest BCUT2D eigenvalue weighted by molar-refractivity contribution is 0.210. The van der Waals surface area contributed by atoms with Gasteiger partial charge in [0.15, 0.2) is 0 Å². The first kappa shape index (κ1) is 17.1. The van der Waals surface area contributed by atoms with Crippen LogP contribution in [0.3, 0.4) is 0 Å². The summed E-state index contributed by atoms with van der Waals surface area (Å²) in [6.45, 7) is 3.78. The van der Waals surface area contributed by atoms with Crippen molar-refractivity contribution in [2.45, 2.75) is 13.8 Å². The number of rotatable bonds is 3. The Labute approximate surface area is 152 Å². The molecule has 0 bridgehead atoms. The van der Waals surface area contributed by atoms with Crippen LogP contribution in [0.25, 0.3) is 0 Å². The van der Waals surface area contributed by atoms with Crippen LogP contribution in [-0.4, -0.2) is 6.09 Å². The molecule has 4 heteroatoms. The average molecular weight is 352 g/mol. The van der Waals surface area contributed by atoms with E-state index in [1.54, 1.807) is 17.0 Å². The fourth-order valence-corrected chi connectivity index (χ4v) is 2.73. The van der Waals surface area contributed by atoms with Gasteiger partial charge in [0.25, 0.3) is 0 Å². The molecule has 0 N–H and O–H groups in total. The normalized spacial score (nSPS) is 10.4. The van der Waals surface area contributed by atoms with Crippen LogP contribution in [0.15, 0.2) is 72.8 Å². The van der Waals surface area contributed by atoms with Crippen molar-refractivity contribution in [2.75, 3.05) is 4.90 Å². The highest BCUT2D eigenvalue weighted by atomic mass is 35.5. The monoisotopic (exact) mass is 351 g/mol. The van der Waals surface area contributed by atoms with Gasteiger partial charge in [-0.05, 0) is 61.4 Å². The minimum Gasteiger partial charge on any atom is -0.410 e. The number of benzene rings is 3. The van der Waals surface area contributed by atoms with Gasteiger partial charge in [0.2, 0.25) is 0 Å². The molecule has 3 aromatic carbocycles. The number of carbonyl (C=O) groups excluding carboxylic acids is 1. The van der Waals surface area contributed by atoms with E-state index in [-0.39, 0.29) is 0 Å². The molecule has 126 valence electrons. The molecule has 0 radical (unpaired) electrons. The van der Waals surface area contributed by atoms with Crippen LogP contribution in [0.5, 0.6) is 5.75 Å². The van der Waals surface area contributed by atoms with Crippen molar-refractivity contribution in [3.05, 3.63) is 88.9 Å². The highest BCUT2D eigenvalue weighted by molar-refractivity contribution is 6.32. The Morgan fingerprint density at radius 1 is 0.840 bits per heavy atom. The van der Waals surface area contributed by atoms with E-state index in [9.17, 15) is 4.79 Å². The van der Waals surface area contributed by atoms with Gasteiger partial charge in [-0.25, -0.2) is 9.69 Å². The standard InChI is InChI=1S/C21H18ClNO2/c1-15-13-19(14-16(2)20(15)22)25-21(24)23(17-9-5-3-6-10-17)18-11-7-4-8-12-18/h3-14H,1-2H3. The smallest absolute Gasteiger partial charge is 0.410 e. The SMILES string of the molecule is Cc1cc(OC(=O)N(c2ccccc2)c2ccccc2)cc(C)c1Cl. The van der Waals surface area contributed by atoms with Crippen molar-refractivity contribution < 1.29 is 9.53 Å². The number of amides is 1. The van der Waals surface area contributed by atoms with Gasteiger partial charge in [0.1, 0.15) is 5.75 Å². The maximum absolute atomic E-state index is 12.9. The van der Waals surface area contributed by atoms with Crippen LogP contribution >= 0.6 is 11.6 Å². The molecule has 25 heavy (non-hydrogen) atoms. The van der Waals surface area contributed by atoms with Gasteiger partial charge in [-0.1, -0.05) is 48.0 Å². The Morgan fingerprint density at radius 3 is 1.72 bits per heavy atom. The van der Waals surface area contributed by atoms with Gasteiger partial charge < -0.3 is 4.74 Å². The van der Waals surface area contributed by atoms with Gasteiger partial charge >= 0.3 is 6.09 Å². The van der Waals surface area contributed by atoms with Crippen molar-refractivity contribution in [1.29, 1.82) is 0 Å². The van der Waals surface area contributed by atoms with Crippen molar-refractivity contribution in [2.24, 2.45) is 0 Å². The van der Waals surface area contributed by atoms with E-state index in [1.165, 1.54) is 0 Å². The van der Waals surface area contributed by atoms with E-state index < -0.39 is 6.09 Å². The summed E-state index contributed by atoms with van der Waals surface area (Å²) in [7, 11) is 0. The fourth-order valence-electron chi connectivity index (χ4n) is 2.63. The zero-order valence-electron chi connectivity index (χ0n) is 14.1. The van der Waals surface area contributed by atoms with Gasteiger partial charge in [-0.2, -0.15) is 0 Å². The third-order valence-electron chi connectivity index (χ3n) is 3.83. The Kier molecular flexibility index (Phi) is 5.05. The Hall–Kier alpha value is -2.78. The topological polar surface area (TPSA) is 29.5 Å². The molecule has 0 aliphatic heterocycles. The van der Waals surface area contributed by atoms with Crippen LogP contribution in [0.4, 0.5) is 16.2 Å². The molecule has 3 nitrogen and oxygen atoms in total. The summed E-state index contributed by atoms with van der Waals surface area (Å²) in [5.74, 6) is 0.473. The summed E-state index contributed by atoms with van der Waals surface area (Å²) >= 11 is 6.19. The predicted octanol–water partition coefficient (Wildman–Crippen LogP) is 6.29. The third kappa shape index (κ3) is 3.83. The Morgan fingerprint density at radius 2 is 1.28 bits per heavy atom. The molecule has 0 saturated heterocycles. The number of halogens is 1. The quantitative estimate of drug-likeness (QED) is 0.554. The minimum atomic E-state index is -0.474. The van der Waals surface area contributed by atoms with Crippen LogP contribution in [0, 0.1) is 13.8 Å². The molecule has 0 spiro atoms. The molecular weight excluding hydrogens is 334 g/mol. The summed E-state index contributed by atoms with van der Waals surface area (Å²) in [6, 6.07) is 22.4. The van der Waals surface area contributed by atoms with Crippen LogP contribution < -0.4 is 9.64 Å². The van der Waals surface area contributed by atoms with Crippen LogP contribution in [0.1, 0.15) is 11.1 Å². The van der Waals surface area contributed by atoms with Gasteiger partial charge in [0.05, 0.1) is 11.4 Å². The van der Waals surface area contributed by atoms with Crippen molar-refractivity contribution in [3.63, 3.8) is 0 Å². The first-order chi connectivity index (χ1) is 12.1. The third-order valence-corrected chi connectivity index (χ3v) is 4.42. The molecule has 0 aromatic heterocycles.